The zero-order chi connectivity index (χ0) is 14.7. The van der Waals surface area contributed by atoms with Crippen LogP contribution in [0.5, 0.6) is 0 Å². The lowest BCUT2D eigenvalue weighted by molar-refractivity contribution is 0.499. The SMILES string of the molecule is NNC(Cc1c(F)cccc1F)c1ccc(Br)cc1Br. The maximum atomic E-state index is 13.7. The van der Waals surface area contributed by atoms with Gasteiger partial charge in [-0.15, -0.1) is 0 Å². The first kappa shape index (κ1) is 15.6. The summed E-state index contributed by atoms with van der Waals surface area (Å²) in [5, 5.41) is 0. The highest BCUT2D eigenvalue weighted by Crippen LogP contribution is 2.29. The maximum absolute atomic E-state index is 13.7. The Balaban J connectivity index is 2.34. The molecular formula is C14H12Br2F2N2. The molecule has 20 heavy (non-hydrogen) atoms. The molecule has 106 valence electrons. The predicted octanol–water partition coefficient (Wildman–Crippen LogP) is 4.24. The van der Waals surface area contributed by atoms with Crippen LogP contribution in [0, 0.1) is 11.6 Å². The predicted molar refractivity (Wildman–Crippen MR) is 82.0 cm³/mol. The molecule has 0 aliphatic rings. The molecule has 2 aromatic carbocycles. The third-order valence-corrected chi connectivity index (χ3v) is 4.19. The van der Waals surface area contributed by atoms with Gasteiger partial charge in [-0.3, -0.25) is 11.3 Å². The van der Waals surface area contributed by atoms with Crippen molar-refractivity contribution in [2.45, 2.75) is 12.5 Å². The second-order valence-corrected chi connectivity index (χ2v) is 6.06. The number of hydrazine groups is 1. The van der Waals surface area contributed by atoms with Crippen molar-refractivity contribution in [3.05, 3.63) is 68.1 Å². The monoisotopic (exact) mass is 404 g/mol. The summed E-state index contributed by atoms with van der Waals surface area (Å²) in [6, 6.07) is 8.97. The summed E-state index contributed by atoms with van der Waals surface area (Å²) in [4.78, 5) is 0. The first-order chi connectivity index (χ1) is 9.52. The van der Waals surface area contributed by atoms with Crippen molar-refractivity contribution in [2.75, 3.05) is 0 Å². The molecule has 0 spiro atoms. The molecule has 6 heteroatoms. The Kier molecular flexibility index (Phi) is 5.26. The van der Waals surface area contributed by atoms with Crippen molar-refractivity contribution in [1.82, 2.24) is 5.43 Å². The molecular weight excluding hydrogens is 394 g/mol. The Morgan fingerprint density at radius 3 is 2.30 bits per heavy atom. The molecule has 0 amide bonds. The molecule has 0 aliphatic carbocycles. The summed E-state index contributed by atoms with van der Waals surface area (Å²) in [7, 11) is 0. The van der Waals surface area contributed by atoms with Gasteiger partial charge in [-0.25, -0.2) is 8.78 Å². The van der Waals surface area contributed by atoms with Crippen LogP contribution in [0.15, 0.2) is 45.3 Å². The summed E-state index contributed by atoms with van der Waals surface area (Å²) in [6.45, 7) is 0. The molecule has 0 heterocycles. The van der Waals surface area contributed by atoms with E-state index in [-0.39, 0.29) is 12.0 Å². The van der Waals surface area contributed by atoms with Crippen LogP contribution in [0.3, 0.4) is 0 Å². The smallest absolute Gasteiger partial charge is 0.129 e. The van der Waals surface area contributed by atoms with E-state index in [1.54, 1.807) is 0 Å². The average Bonchev–Trinajstić information content (AvgIpc) is 2.40. The van der Waals surface area contributed by atoms with Gasteiger partial charge >= 0.3 is 0 Å². The fourth-order valence-corrected chi connectivity index (χ4v) is 3.30. The van der Waals surface area contributed by atoms with Crippen LogP contribution in [0.2, 0.25) is 0 Å². The number of hydrogen-bond acceptors (Lipinski definition) is 2. The largest absolute Gasteiger partial charge is 0.271 e. The van der Waals surface area contributed by atoms with Crippen LogP contribution in [0.4, 0.5) is 8.78 Å². The molecule has 3 N–H and O–H groups in total. The van der Waals surface area contributed by atoms with Gasteiger partial charge in [0.2, 0.25) is 0 Å². The van der Waals surface area contributed by atoms with Gasteiger partial charge < -0.3 is 0 Å². The number of hydrogen-bond donors (Lipinski definition) is 2. The van der Waals surface area contributed by atoms with Gasteiger partial charge in [0.1, 0.15) is 11.6 Å². The van der Waals surface area contributed by atoms with E-state index >= 15 is 0 Å². The van der Waals surface area contributed by atoms with Gasteiger partial charge in [-0.05, 0) is 36.2 Å². The zero-order valence-corrected chi connectivity index (χ0v) is 13.5. The topological polar surface area (TPSA) is 38.0 Å². The van der Waals surface area contributed by atoms with Gasteiger partial charge in [-0.2, -0.15) is 0 Å². The molecule has 0 radical (unpaired) electrons. The molecule has 0 aromatic heterocycles. The number of benzene rings is 2. The Morgan fingerprint density at radius 1 is 1.10 bits per heavy atom. The minimum atomic E-state index is -0.571. The highest BCUT2D eigenvalue weighted by atomic mass is 79.9. The van der Waals surface area contributed by atoms with Gasteiger partial charge in [0.15, 0.2) is 0 Å². The van der Waals surface area contributed by atoms with Crippen molar-refractivity contribution < 1.29 is 8.78 Å². The summed E-state index contributed by atoms with van der Waals surface area (Å²) in [5.41, 5.74) is 3.45. The molecule has 2 aromatic rings. The Labute approximate surface area is 132 Å². The Bertz CT molecular complexity index is 600. The molecule has 1 atom stereocenters. The molecule has 2 nitrogen and oxygen atoms in total. The van der Waals surface area contributed by atoms with E-state index in [9.17, 15) is 8.78 Å². The highest BCUT2D eigenvalue weighted by molar-refractivity contribution is 9.11. The molecule has 0 aliphatic heterocycles. The summed E-state index contributed by atoms with van der Waals surface area (Å²) in [6.07, 6.45) is 0.120. The first-order valence-corrected chi connectivity index (χ1v) is 7.45. The average molecular weight is 406 g/mol. The van der Waals surface area contributed by atoms with E-state index in [0.717, 1.165) is 14.5 Å². The Hall–Kier alpha value is -0.820. The second-order valence-electron chi connectivity index (χ2n) is 4.29. The van der Waals surface area contributed by atoms with E-state index in [2.05, 4.69) is 37.3 Å². The van der Waals surface area contributed by atoms with E-state index in [1.165, 1.54) is 18.2 Å². The van der Waals surface area contributed by atoms with Gasteiger partial charge in [-0.1, -0.05) is 44.0 Å². The zero-order valence-electron chi connectivity index (χ0n) is 10.3. The minimum absolute atomic E-state index is 0.0188. The van der Waals surface area contributed by atoms with Crippen LogP contribution in [0.1, 0.15) is 17.2 Å². The van der Waals surface area contributed by atoms with Crippen LogP contribution in [0.25, 0.3) is 0 Å². The highest BCUT2D eigenvalue weighted by Gasteiger charge is 2.18. The maximum Gasteiger partial charge on any atom is 0.129 e. The molecule has 0 fully saturated rings. The molecule has 0 saturated carbocycles. The Morgan fingerprint density at radius 2 is 1.75 bits per heavy atom. The van der Waals surface area contributed by atoms with E-state index in [4.69, 9.17) is 5.84 Å². The quantitative estimate of drug-likeness (QED) is 0.589. The van der Waals surface area contributed by atoms with Crippen molar-refractivity contribution >= 4 is 31.9 Å². The lowest BCUT2D eigenvalue weighted by Gasteiger charge is -2.19. The first-order valence-electron chi connectivity index (χ1n) is 5.87. The summed E-state index contributed by atoms with van der Waals surface area (Å²) in [5.74, 6) is 4.39. The van der Waals surface area contributed by atoms with Crippen LogP contribution < -0.4 is 11.3 Å². The van der Waals surface area contributed by atoms with E-state index in [0.29, 0.717) is 0 Å². The van der Waals surface area contributed by atoms with E-state index in [1.807, 2.05) is 18.2 Å². The van der Waals surface area contributed by atoms with Gasteiger partial charge in [0.05, 0.1) is 6.04 Å². The van der Waals surface area contributed by atoms with Crippen LogP contribution in [-0.4, -0.2) is 0 Å². The van der Waals surface area contributed by atoms with Crippen molar-refractivity contribution in [2.24, 2.45) is 5.84 Å². The number of nitrogens with two attached hydrogens (primary N) is 1. The molecule has 1 unspecified atom stereocenters. The number of halogens is 4. The standard InChI is InChI=1S/C14H12Br2F2N2/c15-8-4-5-9(11(16)6-8)14(20-19)7-10-12(17)2-1-3-13(10)18/h1-6,14,20H,7,19H2. The minimum Gasteiger partial charge on any atom is -0.271 e. The summed E-state index contributed by atoms with van der Waals surface area (Å²) < 4.78 is 29.1. The number of rotatable bonds is 4. The van der Waals surface area contributed by atoms with Crippen molar-refractivity contribution in [1.29, 1.82) is 0 Å². The fourth-order valence-electron chi connectivity index (χ4n) is 1.97. The third-order valence-electron chi connectivity index (χ3n) is 3.01. The van der Waals surface area contributed by atoms with Gasteiger partial charge in [0, 0.05) is 14.5 Å². The van der Waals surface area contributed by atoms with Crippen molar-refractivity contribution in [3.63, 3.8) is 0 Å². The molecule has 2 rings (SSSR count). The van der Waals surface area contributed by atoms with Gasteiger partial charge in [0.25, 0.3) is 0 Å². The van der Waals surface area contributed by atoms with Crippen LogP contribution in [-0.2, 0) is 6.42 Å². The lowest BCUT2D eigenvalue weighted by atomic mass is 9.98. The van der Waals surface area contributed by atoms with Crippen molar-refractivity contribution in [3.8, 4) is 0 Å². The van der Waals surface area contributed by atoms with Crippen LogP contribution >= 0.6 is 31.9 Å². The molecule has 0 bridgehead atoms. The molecule has 0 saturated heterocycles. The normalized spacial score (nSPS) is 12.4. The van der Waals surface area contributed by atoms with E-state index < -0.39 is 17.7 Å². The number of nitrogens with one attached hydrogen (secondary N) is 1. The summed E-state index contributed by atoms with van der Waals surface area (Å²) >= 11 is 6.78. The third kappa shape index (κ3) is 3.44. The second kappa shape index (κ2) is 6.76. The lowest BCUT2D eigenvalue weighted by Crippen LogP contribution is -2.30. The fraction of sp³-hybridized carbons (Fsp3) is 0.143.